The Morgan fingerprint density at radius 1 is 0.895 bits per heavy atom. The molecule has 0 aromatic heterocycles. The molecule has 19 heavy (non-hydrogen) atoms. The first kappa shape index (κ1) is 15.8. The molecule has 107 valence electrons. The van der Waals surface area contributed by atoms with Gasteiger partial charge in [0.05, 0.1) is 23.1 Å². The van der Waals surface area contributed by atoms with E-state index in [1.165, 1.54) is 0 Å². The largest absolute Gasteiger partial charge is 0.416 e. The minimum absolute atomic E-state index is 0.0702. The first-order valence-corrected chi connectivity index (χ1v) is 6.45. The number of rotatable bonds is 2. The van der Waals surface area contributed by atoms with Gasteiger partial charge in [0.25, 0.3) is 0 Å². The summed E-state index contributed by atoms with van der Waals surface area (Å²) in [5, 5.41) is 0. The van der Waals surface area contributed by atoms with Crippen molar-refractivity contribution in [1.29, 1.82) is 0 Å². The van der Waals surface area contributed by atoms with Crippen LogP contribution in [0.2, 0.25) is 0 Å². The third-order valence-corrected chi connectivity index (χ3v) is 2.81. The molecule has 0 amide bonds. The van der Waals surface area contributed by atoms with Crippen molar-refractivity contribution in [3.8, 4) is 0 Å². The molecule has 0 fully saturated rings. The van der Waals surface area contributed by atoms with Crippen LogP contribution in [0.1, 0.15) is 16.7 Å². The van der Waals surface area contributed by atoms with Gasteiger partial charge in [0.1, 0.15) is 0 Å². The summed E-state index contributed by atoms with van der Waals surface area (Å²) in [5.41, 5.74) is -3.72. The van der Waals surface area contributed by atoms with Crippen LogP contribution in [-0.4, -0.2) is 8.42 Å². The maximum absolute atomic E-state index is 12.4. The SMILES string of the molecule is [CH2]S(=O)(=O)Cc1cc(C(F)(F)F)cc(C(F)(F)F)c1. The Morgan fingerprint density at radius 2 is 1.26 bits per heavy atom. The first-order valence-electron chi connectivity index (χ1n) is 4.63. The summed E-state index contributed by atoms with van der Waals surface area (Å²) in [4.78, 5) is 0. The van der Waals surface area contributed by atoms with Gasteiger partial charge < -0.3 is 0 Å². The molecule has 0 bridgehead atoms. The highest BCUT2D eigenvalue weighted by Crippen LogP contribution is 2.36. The van der Waals surface area contributed by atoms with Crippen molar-refractivity contribution in [2.45, 2.75) is 18.1 Å². The van der Waals surface area contributed by atoms with E-state index in [1.807, 2.05) is 0 Å². The second-order valence-corrected chi connectivity index (χ2v) is 5.58. The minimum atomic E-state index is -5.00. The average Bonchev–Trinajstić information content (AvgIpc) is 2.11. The molecule has 1 radical (unpaired) electrons. The van der Waals surface area contributed by atoms with Crippen LogP contribution < -0.4 is 0 Å². The van der Waals surface area contributed by atoms with E-state index in [1.54, 1.807) is 0 Å². The van der Waals surface area contributed by atoms with Gasteiger partial charge in [0.15, 0.2) is 9.84 Å². The fourth-order valence-electron chi connectivity index (χ4n) is 1.36. The van der Waals surface area contributed by atoms with E-state index < -0.39 is 44.6 Å². The van der Waals surface area contributed by atoms with Crippen LogP contribution in [0.4, 0.5) is 26.3 Å². The smallest absolute Gasteiger partial charge is 0.228 e. The predicted octanol–water partition coefficient (Wildman–Crippen LogP) is 3.43. The van der Waals surface area contributed by atoms with Crippen molar-refractivity contribution in [2.24, 2.45) is 0 Å². The highest BCUT2D eigenvalue weighted by atomic mass is 32.2. The second kappa shape index (κ2) is 4.69. The van der Waals surface area contributed by atoms with E-state index in [4.69, 9.17) is 0 Å². The Labute approximate surface area is 105 Å². The lowest BCUT2D eigenvalue weighted by Crippen LogP contribution is -2.12. The van der Waals surface area contributed by atoms with Crippen molar-refractivity contribution >= 4 is 9.84 Å². The first-order chi connectivity index (χ1) is 8.29. The van der Waals surface area contributed by atoms with Crippen molar-refractivity contribution in [3.05, 3.63) is 41.1 Å². The van der Waals surface area contributed by atoms with Crippen LogP contribution in [0.5, 0.6) is 0 Å². The molecule has 1 rings (SSSR count). The van der Waals surface area contributed by atoms with Crippen molar-refractivity contribution < 1.29 is 34.8 Å². The lowest BCUT2D eigenvalue weighted by Gasteiger charge is -2.13. The van der Waals surface area contributed by atoms with Crippen molar-refractivity contribution in [1.82, 2.24) is 0 Å². The van der Waals surface area contributed by atoms with E-state index in [-0.39, 0.29) is 6.07 Å². The summed E-state index contributed by atoms with van der Waals surface area (Å²) >= 11 is 0. The molecule has 0 N–H and O–H groups in total. The van der Waals surface area contributed by atoms with Gasteiger partial charge in [0, 0.05) is 0 Å². The minimum Gasteiger partial charge on any atom is -0.228 e. The Balaban J connectivity index is 3.41. The summed E-state index contributed by atoms with van der Waals surface area (Å²) in [6, 6.07) is 0.648. The number of alkyl halides is 6. The highest BCUT2D eigenvalue weighted by molar-refractivity contribution is 7.91. The zero-order chi connectivity index (χ0) is 15.1. The number of sulfone groups is 1. The van der Waals surface area contributed by atoms with E-state index in [2.05, 4.69) is 6.26 Å². The number of halogens is 6. The van der Waals surface area contributed by atoms with Gasteiger partial charge >= 0.3 is 12.4 Å². The summed E-state index contributed by atoms with van der Waals surface area (Å²) < 4.78 is 96.3. The third kappa shape index (κ3) is 4.73. The van der Waals surface area contributed by atoms with Crippen LogP contribution in [0.25, 0.3) is 0 Å². The van der Waals surface area contributed by atoms with Gasteiger partial charge in [-0.1, -0.05) is 0 Å². The van der Waals surface area contributed by atoms with E-state index in [9.17, 15) is 34.8 Å². The van der Waals surface area contributed by atoms with Crippen LogP contribution >= 0.6 is 0 Å². The molecular weight excluding hydrogens is 298 g/mol. The van der Waals surface area contributed by atoms with Gasteiger partial charge in [-0.3, -0.25) is 0 Å². The molecule has 0 spiro atoms. The average molecular weight is 305 g/mol. The van der Waals surface area contributed by atoms with Gasteiger partial charge in [-0.15, -0.1) is 0 Å². The van der Waals surface area contributed by atoms with E-state index in [0.29, 0.717) is 12.1 Å². The topological polar surface area (TPSA) is 34.1 Å². The number of hydrogen-bond acceptors (Lipinski definition) is 2. The summed E-state index contributed by atoms with van der Waals surface area (Å²) in [6.07, 6.45) is -7.34. The van der Waals surface area contributed by atoms with Crippen LogP contribution in [0, 0.1) is 6.26 Å². The lowest BCUT2D eigenvalue weighted by molar-refractivity contribution is -0.143. The molecule has 0 aliphatic carbocycles. The maximum Gasteiger partial charge on any atom is 0.416 e. The maximum atomic E-state index is 12.4. The molecule has 2 nitrogen and oxygen atoms in total. The van der Waals surface area contributed by atoms with Gasteiger partial charge in [-0.05, 0) is 23.8 Å². The normalized spacial score (nSPS) is 13.6. The van der Waals surface area contributed by atoms with E-state index >= 15 is 0 Å². The number of benzene rings is 1. The zero-order valence-electron chi connectivity index (χ0n) is 9.14. The molecule has 0 atom stereocenters. The molecular formula is C10H7F6O2S. The summed E-state index contributed by atoms with van der Waals surface area (Å²) in [7, 11) is -3.99. The van der Waals surface area contributed by atoms with Gasteiger partial charge in [-0.25, -0.2) is 8.42 Å². The zero-order valence-corrected chi connectivity index (χ0v) is 9.96. The van der Waals surface area contributed by atoms with Crippen molar-refractivity contribution in [2.75, 3.05) is 0 Å². The highest BCUT2D eigenvalue weighted by Gasteiger charge is 2.37. The molecule has 0 aliphatic rings. The predicted molar refractivity (Wildman–Crippen MR) is 54.4 cm³/mol. The number of hydrogen-bond donors (Lipinski definition) is 0. The van der Waals surface area contributed by atoms with Gasteiger partial charge in [0.2, 0.25) is 0 Å². The Hall–Kier alpha value is -1.25. The van der Waals surface area contributed by atoms with E-state index in [0.717, 1.165) is 0 Å². The monoisotopic (exact) mass is 305 g/mol. The summed E-state index contributed by atoms with van der Waals surface area (Å²) in [5.74, 6) is -1.000. The van der Waals surface area contributed by atoms with Crippen LogP contribution in [0.3, 0.4) is 0 Å². The fraction of sp³-hybridized carbons (Fsp3) is 0.300. The molecule has 1 aromatic carbocycles. The molecule has 0 saturated carbocycles. The fourth-order valence-corrected chi connectivity index (χ4v) is 2.03. The quantitative estimate of drug-likeness (QED) is 0.785. The van der Waals surface area contributed by atoms with Crippen molar-refractivity contribution in [3.63, 3.8) is 0 Å². The Bertz CT molecular complexity index is 538. The van der Waals surface area contributed by atoms with Crippen LogP contribution in [-0.2, 0) is 27.9 Å². The Kier molecular flexibility index (Phi) is 3.91. The lowest BCUT2D eigenvalue weighted by atomic mass is 10.1. The second-order valence-electron chi connectivity index (χ2n) is 3.80. The molecule has 0 aliphatic heterocycles. The third-order valence-electron chi connectivity index (χ3n) is 2.03. The Morgan fingerprint density at radius 3 is 1.53 bits per heavy atom. The molecule has 1 aromatic rings. The summed E-state index contributed by atoms with van der Waals surface area (Å²) in [6.45, 7) is 0. The molecule has 0 heterocycles. The molecule has 9 heteroatoms. The standard InChI is InChI=1S/C10H7F6O2S/c1-19(17,18)5-6-2-7(9(11,12)13)4-8(3-6)10(14,15)16/h2-4H,1,5H2. The van der Waals surface area contributed by atoms with Gasteiger partial charge in [-0.2, -0.15) is 26.3 Å². The van der Waals surface area contributed by atoms with Crippen LogP contribution in [0.15, 0.2) is 18.2 Å². The molecule has 0 unspecified atom stereocenters. The molecule has 0 saturated heterocycles.